The molecular formula is C20H27FN6O. The number of carbonyl (C=O) groups is 1. The van der Waals surface area contributed by atoms with Crippen LogP contribution in [0.2, 0.25) is 0 Å². The van der Waals surface area contributed by atoms with Gasteiger partial charge in [0.2, 0.25) is 0 Å². The fourth-order valence-corrected chi connectivity index (χ4v) is 3.13. The standard InChI is InChI=1S/C20H27FN6O/c1-25(2)11-3-10-22-19-9-8-18(23-24-19)20(28)27-14-12-26(13-15-27)17-6-4-16(21)5-7-17/h4-9H,3,10-15H2,1-2H3,(H,22,24). The molecule has 0 spiro atoms. The number of hydrogen-bond donors (Lipinski definition) is 1. The molecule has 8 heteroatoms. The molecule has 0 atom stereocenters. The number of nitrogens with zero attached hydrogens (tertiary/aromatic N) is 5. The summed E-state index contributed by atoms with van der Waals surface area (Å²) in [6.45, 7) is 4.42. The van der Waals surface area contributed by atoms with Crippen LogP contribution in [-0.4, -0.2) is 79.3 Å². The van der Waals surface area contributed by atoms with Crippen molar-refractivity contribution in [3.63, 3.8) is 0 Å². The topological polar surface area (TPSA) is 64.6 Å². The Balaban J connectivity index is 1.48. The molecule has 0 radical (unpaired) electrons. The number of carbonyl (C=O) groups excluding carboxylic acids is 1. The van der Waals surface area contributed by atoms with Gasteiger partial charge in [0.05, 0.1) is 0 Å². The Labute approximate surface area is 165 Å². The zero-order valence-corrected chi connectivity index (χ0v) is 16.4. The third-order valence-electron chi connectivity index (χ3n) is 4.73. The first kappa shape index (κ1) is 20.0. The van der Waals surface area contributed by atoms with Gasteiger partial charge in [0.15, 0.2) is 5.69 Å². The maximum absolute atomic E-state index is 13.1. The molecule has 2 aromatic rings. The van der Waals surface area contributed by atoms with E-state index in [0.717, 1.165) is 25.2 Å². The molecule has 1 aromatic heterocycles. The Morgan fingerprint density at radius 3 is 2.39 bits per heavy atom. The zero-order valence-electron chi connectivity index (χ0n) is 16.4. The van der Waals surface area contributed by atoms with Crippen molar-refractivity contribution in [2.45, 2.75) is 6.42 Å². The predicted octanol–water partition coefficient (Wildman–Crippen LogP) is 1.94. The number of nitrogens with one attached hydrogen (secondary N) is 1. The number of aromatic nitrogens is 2. The molecule has 0 aliphatic carbocycles. The van der Waals surface area contributed by atoms with Gasteiger partial charge in [-0.1, -0.05) is 0 Å². The lowest BCUT2D eigenvalue weighted by atomic mass is 10.2. The van der Waals surface area contributed by atoms with E-state index in [4.69, 9.17) is 0 Å². The smallest absolute Gasteiger partial charge is 0.274 e. The number of amides is 1. The predicted molar refractivity (Wildman–Crippen MR) is 108 cm³/mol. The molecule has 7 nitrogen and oxygen atoms in total. The highest BCUT2D eigenvalue weighted by molar-refractivity contribution is 5.92. The lowest BCUT2D eigenvalue weighted by molar-refractivity contribution is 0.0739. The van der Waals surface area contributed by atoms with Crippen LogP contribution in [0.5, 0.6) is 0 Å². The number of piperazine rings is 1. The van der Waals surface area contributed by atoms with Crippen LogP contribution in [0.15, 0.2) is 36.4 Å². The summed E-state index contributed by atoms with van der Waals surface area (Å²) in [4.78, 5) is 18.7. The molecule has 28 heavy (non-hydrogen) atoms. The molecule has 1 aromatic carbocycles. The Kier molecular flexibility index (Phi) is 6.76. The minimum Gasteiger partial charge on any atom is -0.369 e. The molecule has 1 N–H and O–H groups in total. The summed E-state index contributed by atoms with van der Waals surface area (Å²) in [5.74, 6) is 0.327. The first-order valence-electron chi connectivity index (χ1n) is 9.55. The van der Waals surface area contributed by atoms with Crippen molar-refractivity contribution in [1.29, 1.82) is 0 Å². The van der Waals surface area contributed by atoms with Gasteiger partial charge in [-0.3, -0.25) is 4.79 Å². The second-order valence-corrected chi connectivity index (χ2v) is 7.14. The highest BCUT2D eigenvalue weighted by Gasteiger charge is 2.23. The normalized spacial score (nSPS) is 14.4. The molecule has 150 valence electrons. The van der Waals surface area contributed by atoms with E-state index in [9.17, 15) is 9.18 Å². The molecule has 0 saturated carbocycles. The van der Waals surface area contributed by atoms with Crippen LogP contribution in [0.3, 0.4) is 0 Å². The van der Waals surface area contributed by atoms with Crippen molar-refractivity contribution in [3.05, 3.63) is 47.9 Å². The van der Waals surface area contributed by atoms with E-state index in [-0.39, 0.29) is 11.7 Å². The lowest BCUT2D eigenvalue weighted by Crippen LogP contribution is -2.49. The van der Waals surface area contributed by atoms with E-state index < -0.39 is 0 Å². The number of rotatable bonds is 7. The minimum atomic E-state index is -0.244. The summed E-state index contributed by atoms with van der Waals surface area (Å²) in [7, 11) is 4.08. The number of halogens is 1. The van der Waals surface area contributed by atoms with Gasteiger partial charge in [-0.2, -0.15) is 0 Å². The summed E-state index contributed by atoms with van der Waals surface area (Å²) in [6, 6.07) is 9.96. The van der Waals surface area contributed by atoms with Crippen LogP contribution in [-0.2, 0) is 0 Å². The van der Waals surface area contributed by atoms with Crippen molar-refractivity contribution in [1.82, 2.24) is 20.0 Å². The maximum atomic E-state index is 13.1. The van der Waals surface area contributed by atoms with E-state index in [1.165, 1.54) is 12.1 Å². The average Bonchev–Trinajstić information content (AvgIpc) is 2.72. The van der Waals surface area contributed by atoms with Crippen molar-refractivity contribution < 1.29 is 9.18 Å². The van der Waals surface area contributed by atoms with Gasteiger partial charge in [0, 0.05) is 38.4 Å². The largest absolute Gasteiger partial charge is 0.369 e. The monoisotopic (exact) mass is 386 g/mol. The molecule has 1 fully saturated rings. The van der Waals surface area contributed by atoms with E-state index >= 15 is 0 Å². The number of anilines is 2. The summed E-state index contributed by atoms with van der Waals surface area (Å²) in [5.41, 5.74) is 1.33. The third-order valence-corrected chi connectivity index (χ3v) is 4.73. The van der Waals surface area contributed by atoms with E-state index in [2.05, 4.69) is 25.3 Å². The van der Waals surface area contributed by atoms with Crippen LogP contribution in [0.1, 0.15) is 16.9 Å². The highest BCUT2D eigenvalue weighted by atomic mass is 19.1. The Hall–Kier alpha value is -2.74. The van der Waals surface area contributed by atoms with Crippen LogP contribution >= 0.6 is 0 Å². The number of hydrogen-bond acceptors (Lipinski definition) is 6. The van der Waals surface area contributed by atoms with Crippen LogP contribution in [0, 0.1) is 5.82 Å². The quantitative estimate of drug-likeness (QED) is 0.734. The van der Waals surface area contributed by atoms with Gasteiger partial charge in [-0.05, 0) is 63.5 Å². The summed E-state index contributed by atoms with van der Waals surface area (Å²) < 4.78 is 13.1. The molecule has 0 unspecified atom stereocenters. The van der Waals surface area contributed by atoms with Gasteiger partial charge >= 0.3 is 0 Å². The van der Waals surface area contributed by atoms with Crippen LogP contribution < -0.4 is 10.2 Å². The molecule has 3 rings (SSSR count). The molecule has 1 saturated heterocycles. The molecular weight excluding hydrogens is 359 g/mol. The number of benzene rings is 1. The van der Waals surface area contributed by atoms with E-state index in [0.29, 0.717) is 37.7 Å². The first-order chi connectivity index (χ1) is 13.5. The van der Waals surface area contributed by atoms with Crippen LogP contribution in [0.4, 0.5) is 15.9 Å². The van der Waals surface area contributed by atoms with Crippen molar-refractivity contribution in [3.8, 4) is 0 Å². The lowest BCUT2D eigenvalue weighted by Gasteiger charge is -2.35. The van der Waals surface area contributed by atoms with Crippen molar-refractivity contribution in [2.24, 2.45) is 0 Å². The van der Waals surface area contributed by atoms with Gasteiger partial charge in [0.1, 0.15) is 11.6 Å². The molecule has 0 bridgehead atoms. The summed E-state index contributed by atoms with van der Waals surface area (Å²) >= 11 is 0. The zero-order chi connectivity index (χ0) is 19.9. The van der Waals surface area contributed by atoms with E-state index in [1.54, 1.807) is 29.2 Å². The van der Waals surface area contributed by atoms with Gasteiger partial charge in [0.25, 0.3) is 5.91 Å². The highest BCUT2D eigenvalue weighted by Crippen LogP contribution is 2.17. The molecule has 1 amide bonds. The Bertz CT molecular complexity index is 757. The second-order valence-electron chi connectivity index (χ2n) is 7.14. The second kappa shape index (κ2) is 9.45. The van der Waals surface area contributed by atoms with Crippen molar-refractivity contribution in [2.75, 3.05) is 63.6 Å². The molecule has 1 aliphatic heterocycles. The van der Waals surface area contributed by atoms with Crippen LogP contribution in [0.25, 0.3) is 0 Å². The molecule has 2 heterocycles. The van der Waals surface area contributed by atoms with Gasteiger partial charge in [-0.15, -0.1) is 10.2 Å². The maximum Gasteiger partial charge on any atom is 0.274 e. The van der Waals surface area contributed by atoms with Gasteiger partial charge in [-0.25, -0.2) is 4.39 Å². The summed E-state index contributed by atoms with van der Waals surface area (Å²) in [5, 5.41) is 11.4. The van der Waals surface area contributed by atoms with Crippen molar-refractivity contribution >= 4 is 17.4 Å². The summed E-state index contributed by atoms with van der Waals surface area (Å²) in [6.07, 6.45) is 1.01. The average molecular weight is 386 g/mol. The Morgan fingerprint density at radius 1 is 1.07 bits per heavy atom. The molecule has 1 aliphatic rings. The minimum absolute atomic E-state index is 0.106. The first-order valence-corrected chi connectivity index (χ1v) is 9.55. The fourth-order valence-electron chi connectivity index (χ4n) is 3.13. The van der Waals surface area contributed by atoms with Gasteiger partial charge < -0.3 is 20.0 Å². The van der Waals surface area contributed by atoms with E-state index in [1.807, 2.05) is 14.1 Å². The fraction of sp³-hybridized carbons (Fsp3) is 0.450. The third kappa shape index (κ3) is 5.39. The SMILES string of the molecule is CN(C)CCCNc1ccc(C(=O)N2CCN(c3ccc(F)cc3)CC2)nn1. The Morgan fingerprint density at radius 2 is 1.79 bits per heavy atom.